The van der Waals surface area contributed by atoms with Crippen LogP contribution in [0.25, 0.3) is 0 Å². The van der Waals surface area contributed by atoms with Crippen molar-refractivity contribution in [2.45, 2.75) is 37.2 Å². The molecule has 0 spiro atoms. The van der Waals surface area contributed by atoms with Crippen molar-refractivity contribution < 1.29 is 23.8 Å². The molecule has 1 saturated carbocycles. The van der Waals surface area contributed by atoms with Gasteiger partial charge in [-0.2, -0.15) is 0 Å². The molecule has 1 aromatic rings. The summed E-state index contributed by atoms with van der Waals surface area (Å²) < 4.78 is 16.0. The van der Waals surface area contributed by atoms with Gasteiger partial charge in [-0.25, -0.2) is 0 Å². The third-order valence-corrected chi connectivity index (χ3v) is 4.57. The quantitative estimate of drug-likeness (QED) is 0.797. The van der Waals surface area contributed by atoms with Gasteiger partial charge in [-0.05, 0) is 24.1 Å². The Hall–Kier alpha value is -2.04. The lowest BCUT2D eigenvalue weighted by Gasteiger charge is -2.36. The van der Waals surface area contributed by atoms with E-state index >= 15 is 0 Å². The van der Waals surface area contributed by atoms with Gasteiger partial charge in [0.05, 0.1) is 20.6 Å². The minimum absolute atomic E-state index is 0.158. The summed E-state index contributed by atoms with van der Waals surface area (Å²) in [5, 5.41) is 0. The molecule has 0 unspecified atom stereocenters. The Morgan fingerprint density at radius 3 is 2.67 bits per heavy atom. The van der Waals surface area contributed by atoms with E-state index in [-0.39, 0.29) is 17.9 Å². The van der Waals surface area contributed by atoms with Gasteiger partial charge in [-0.1, -0.05) is 6.07 Å². The van der Waals surface area contributed by atoms with Crippen LogP contribution in [-0.4, -0.2) is 32.1 Å². The van der Waals surface area contributed by atoms with E-state index in [9.17, 15) is 9.59 Å². The second-order valence-corrected chi connectivity index (χ2v) is 5.62. The minimum Gasteiger partial charge on any atom is -0.493 e. The largest absolute Gasteiger partial charge is 0.493 e. The van der Waals surface area contributed by atoms with Gasteiger partial charge in [-0.3, -0.25) is 9.59 Å². The van der Waals surface area contributed by atoms with Crippen LogP contribution < -0.4 is 9.47 Å². The predicted molar refractivity (Wildman–Crippen MR) is 74.6 cm³/mol. The number of hydrogen-bond acceptors (Lipinski definition) is 5. The normalized spacial score (nSPS) is 28.0. The molecule has 1 aliphatic carbocycles. The fourth-order valence-electron chi connectivity index (χ4n) is 3.42. The van der Waals surface area contributed by atoms with Gasteiger partial charge in [-0.15, -0.1) is 0 Å². The maximum Gasteiger partial charge on any atom is 0.307 e. The number of rotatable bonds is 3. The summed E-state index contributed by atoms with van der Waals surface area (Å²) in [5.74, 6) is 1.20. The average molecular weight is 290 g/mol. The van der Waals surface area contributed by atoms with Gasteiger partial charge in [0.25, 0.3) is 0 Å². The lowest BCUT2D eigenvalue weighted by atomic mass is 9.66. The van der Waals surface area contributed by atoms with Gasteiger partial charge in [0.1, 0.15) is 11.9 Å². The fraction of sp³-hybridized carbons (Fsp3) is 0.500. The van der Waals surface area contributed by atoms with Crippen molar-refractivity contribution in [3.63, 3.8) is 0 Å². The van der Waals surface area contributed by atoms with Crippen molar-refractivity contribution in [2.24, 2.45) is 0 Å². The molecule has 21 heavy (non-hydrogen) atoms. The Morgan fingerprint density at radius 1 is 1.19 bits per heavy atom. The maximum atomic E-state index is 11.8. The Labute approximate surface area is 123 Å². The molecule has 0 bridgehead atoms. The molecule has 1 heterocycles. The molecule has 0 amide bonds. The second-order valence-electron chi connectivity index (χ2n) is 5.62. The van der Waals surface area contributed by atoms with Crippen LogP contribution >= 0.6 is 0 Å². The zero-order valence-corrected chi connectivity index (χ0v) is 12.2. The summed E-state index contributed by atoms with van der Waals surface area (Å²) in [4.78, 5) is 23.5. The van der Waals surface area contributed by atoms with Gasteiger partial charge in [0.15, 0.2) is 11.5 Å². The van der Waals surface area contributed by atoms with Gasteiger partial charge < -0.3 is 14.2 Å². The third kappa shape index (κ3) is 2.17. The number of fused-ring (bicyclic) bond motifs is 1. The lowest BCUT2D eigenvalue weighted by Crippen LogP contribution is -2.41. The van der Waals surface area contributed by atoms with Crippen LogP contribution in [0.3, 0.4) is 0 Å². The summed E-state index contributed by atoms with van der Waals surface area (Å²) in [6.07, 6.45) is 1.39. The molecule has 112 valence electrons. The summed E-state index contributed by atoms with van der Waals surface area (Å²) in [6.45, 7) is 0. The number of benzene rings is 1. The van der Waals surface area contributed by atoms with E-state index in [2.05, 4.69) is 0 Å². The van der Waals surface area contributed by atoms with Crippen LogP contribution in [-0.2, 0) is 19.7 Å². The van der Waals surface area contributed by atoms with Crippen LogP contribution in [0.15, 0.2) is 18.2 Å². The van der Waals surface area contributed by atoms with Crippen LogP contribution in [0.2, 0.25) is 0 Å². The van der Waals surface area contributed by atoms with Crippen LogP contribution in [0.4, 0.5) is 0 Å². The summed E-state index contributed by atoms with van der Waals surface area (Å²) in [5.41, 5.74) is 0.563. The first-order chi connectivity index (χ1) is 10.1. The second kappa shape index (κ2) is 5.06. The summed E-state index contributed by atoms with van der Waals surface area (Å²) in [6, 6.07) is 5.66. The van der Waals surface area contributed by atoms with Crippen molar-refractivity contribution in [3.8, 4) is 11.5 Å². The molecule has 2 atom stereocenters. The van der Waals surface area contributed by atoms with E-state index in [1.54, 1.807) is 14.2 Å². The van der Waals surface area contributed by atoms with E-state index in [0.29, 0.717) is 37.2 Å². The van der Waals surface area contributed by atoms with Crippen molar-refractivity contribution in [3.05, 3.63) is 23.8 Å². The standard InChI is InChI=1S/C16H18O5/c1-19-12-4-3-10(7-13(12)20-2)16-6-5-11(17)8-14(16)21-15(18)9-16/h3-4,7,14H,5-6,8-9H2,1-2H3/t14-,16-/m1/s1. The van der Waals surface area contributed by atoms with Gasteiger partial charge in [0, 0.05) is 18.3 Å². The molecule has 0 N–H and O–H groups in total. The van der Waals surface area contributed by atoms with E-state index in [1.807, 2.05) is 18.2 Å². The van der Waals surface area contributed by atoms with Gasteiger partial charge >= 0.3 is 5.97 Å². The zero-order valence-electron chi connectivity index (χ0n) is 12.2. The highest BCUT2D eigenvalue weighted by Gasteiger charge is 2.53. The number of ether oxygens (including phenoxy) is 3. The molecule has 1 aliphatic heterocycles. The minimum atomic E-state index is -0.412. The molecular formula is C16H18O5. The number of esters is 1. The molecular weight excluding hydrogens is 272 g/mol. The molecule has 5 heteroatoms. The van der Waals surface area contributed by atoms with E-state index in [4.69, 9.17) is 14.2 Å². The smallest absolute Gasteiger partial charge is 0.307 e. The number of carbonyl (C=O) groups excluding carboxylic acids is 2. The number of carbonyl (C=O) groups is 2. The Kier molecular flexibility index (Phi) is 3.35. The molecule has 3 rings (SSSR count). The molecule has 2 fully saturated rings. The Morgan fingerprint density at radius 2 is 1.95 bits per heavy atom. The first-order valence-corrected chi connectivity index (χ1v) is 7.03. The molecule has 2 aliphatic rings. The molecule has 5 nitrogen and oxygen atoms in total. The van der Waals surface area contributed by atoms with Crippen LogP contribution in [0, 0.1) is 0 Å². The maximum absolute atomic E-state index is 11.8. The third-order valence-electron chi connectivity index (χ3n) is 4.57. The first kappa shape index (κ1) is 13.9. The average Bonchev–Trinajstić information content (AvgIpc) is 2.82. The monoisotopic (exact) mass is 290 g/mol. The van der Waals surface area contributed by atoms with E-state index in [0.717, 1.165) is 5.56 Å². The Balaban J connectivity index is 2.04. The molecule has 1 aromatic carbocycles. The summed E-state index contributed by atoms with van der Waals surface area (Å²) >= 11 is 0. The topological polar surface area (TPSA) is 61.8 Å². The SMILES string of the molecule is COc1ccc([C@]23CCC(=O)C[C@H]2OC(=O)C3)cc1OC. The van der Waals surface area contributed by atoms with Crippen molar-refractivity contribution >= 4 is 11.8 Å². The highest BCUT2D eigenvalue weighted by atomic mass is 16.6. The summed E-state index contributed by atoms with van der Waals surface area (Å²) in [7, 11) is 3.16. The highest BCUT2D eigenvalue weighted by molar-refractivity contribution is 5.84. The van der Waals surface area contributed by atoms with Crippen LogP contribution in [0.1, 0.15) is 31.2 Å². The first-order valence-electron chi connectivity index (χ1n) is 7.03. The number of ketones is 1. The highest BCUT2D eigenvalue weighted by Crippen LogP contribution is 2.48. The number of methoxy groups -OCH3 is 2. The number of hydrogen-bond donors (Lipinski definition) is 0. The van der Waals surface area contributed by atoms with Crippen LogP contribution in [0.5, 0.6) is 11.5 Å². The van der Waals surface area contributed by atoms with Gasteiger partial charge in [0.2, 0.25) is 0 Å². The fourth-order valence-corrected chi connectivity index (χ4v) is 3.42. The zero-order chi connectivity index (χ0) is 15.0. The predicted octanol–water partition coefficient (Wildman–Crippen LogP) is 2.01. The lowest BCUT2D eigenvalue weighted by molar-refractivity contribution is -0.143. The van der Waals surface area contributed by atoms with E-state index in [1.165, 1.54) is 0 Å². The van der Waals surface area contributed by atoms with Crippen molar-refractivity contribution in [2.75, 3.05) is 14.2 Å². The molecule has 0 aromatic heterocycles. The molecule has 0 radical (unpaired) electrons. The Bertz CT molecular complexity index is 594. The van der Waals surface area contributed by atoms with Crippen molar-refractivity contribution in [1.82, 2.24) is 0 Å². The van der Waals surface area contributed by atoms with Crippen molar-refractivity contribution in [1.29, 1.82) is 0 Å². The number of Topliss-reactive ketones (excluding diaryl/α,β-unsaturated/α-hetero) is 1. The van der Waals surface area contributed by atoms with E-state index < -0.39 is 5.41 Å². The molecule has 1 saturated heterocycles.